The minimum Gasteiger partial charge on any atom is -0.342 e. The third-order valence-electron chi connectivity index (χ3n) is 3.82. The number of carbonyl (C=O) groups is 1. The van der Waals surface area contributed by atoms with Gasteiger partial charge in [0.05, 0.1) is 6.04 Å². The van der Waals surface area contributed by atoms with Gasteiger partial charge in [0.1, 0.15) is 23.5 Å². The van der Waals surface area contributed by atoms with Gasteiger partial charge in [-0.1, -0.05) is 34.6 Å². The zero-order valence-electron chi connectivity index (χ0n) is 15.6. The zero-order valence-corrected chi connectivity index (χ0v) is 15.6. The highest BCUT2D eigenvalue weighted by Crippen LogP contribution is 2.19. The lowest BCUT2D eigenvalue weighted by Gasteiger charge is -2.20. The SMILES string of the molecule is CC(C)C[C@@H](NC(=O)c1cnc(C(C)(C)C)[nH]c1=O)c1ncnn1C. The maximum Gasteiger partial charge on any atom is 0.263 e. The minimum absolute atomic E-state index is 0.0103. The van der Waals surface area contributed by atoms with Crippen molar-refractivity contribution in [2.45, 2.75) is 52.5 Å². The fourth-order valence-corrected chi connectivity index (χ4v) is 2.49. The lowest BCUT2D eigenvalue weighted by molar-refractivity contribution is 0.0927. The van der Waals surface area contributed by atoms with Crippen molar-refractivity contribution >= 4 is 5.91 Å². The number of hydrogen-bond acceptors (Lipinski definition) is 5. The maximum absolute atomic E-state index is 12.6. The molecule has 2 N–H and O–H groups in total. The first kappa shape index (κ1) is 18.8. The predicted octanol–water partition coefficient (Wildman–Crippen LogP) is 1.71. The van der Waals surface area contributed by atoms with Crippen LogP contribution in [-0.2, 0) is 12.5 Å². The van der Waals surface area contributed by atoms with E-state index in [1.165, 1.54) is 12.5 Å². The van der Waals surface area contributed by atoms with Crippen molar-refractivity contribution in [1.29, 1.82) is 0 Å². The Morgan fingerprint density at radius 1 is 1.32 bits per heavy atom. The van der Waals surface area contributed by atoms with Crippen molar-refractivity contribution in [3.63, 3.8) is 0 Å². The van der Waals surface area contributed by atoms with E-state index in [2.05, 4.69) is 39.2 Å². The molecule has 0 saturated heterocycles. The smallest absolute Gasteiger partial charge is 0.263 e. The first-order chi connectivity index (χ1) is 11.6. The van der Waals surface area contributed by atoms with E-state index >= 15 is 0 Å². The number of carbonyl (C=O) groups excluding carboxylic acids is 1. The summed E-state index contributed by atoms with van der Waals surface area (Å²) >= 11 is 0. The van der Waals surface area contributed by atoms with E-state index in [4.69, 9.17) is 0 Å². The van der Waals surface area contributed by atoms with Gasteiger partial charge < -0.3 is 10.3 Å². The van der Waals surface area contributed by atoms with Gasteiger partial charge in [-0.15, -0.1) is 0 Å². The average molecular weight is 346 g/mol. The second-order valence-electron chi connectivity index (χ2n) is 7.62. The van der Waals surface area contributed by atoms with Gasteiger partial charge in [0.25, 0.3) is 11.5 Å². The monoisotopic (exact) mass is 346 g/mol. The summed E-state index contributed by atoms with van der Waals surface area (Å²) in [5.74, 6) is 1.06. The Kier molecular flexibility index (Phi) is 5.39. The van der Waals surface area contributed by atoms with Crippen molar-refractivity contribution < 1.29 is 4.79 Å². The molecule has 1 amide bonds. The van der Waals surface area contributed by atoms with E-state index in [0.29, 0.717) is 24.0 Å². The van der Waals surface area contributed by atoms with Gasteiger partial charge in [-0.2, -0.15) is 5.10 Å². The van der Waals surface area contributed by atoms with E-state index in [-0.39, 0.29) is 17.0 Å². The lowest BCUT2D eigenvalue weighted by atomic mass is 9.96. The Balaban J connectivity index is 2.27. The summed E-state index contributed by atoms with van der Waals surface area (Å²) in [6, 6.07) is -0.332. The van der Waals surface area contributed by atoms with Crippen molar-refractivity contribution in [2.24, 2.45) is 13.0 Å². The van der Waals surface area contributed by atoms with Crippen molar-refractivity contribution in [3.8, 4) is 0 Å². The van der Waals surface area contributed by atoms with Gasteiger partial charge >= 0.3 is 0 Å². The molecule has 0 aliphatic carbocycles. The summed E-state index contributed by atoms with van der Waals surface area (Å²) in [6.07, 6.45) is 3.46. The van der Waals surface area contributed by atoms with Crippen molar-refractivity contribution in [1.82, 2.24) is 30.0 Å². The maximum atomic E-state index is 12.6. The van der Waals surface area contributed by atoms with E-state index in [1.807, 2.05) is 20.8 Å². The highest BCUT2D eigenvalue weighted by atomic mass is 16.2. The van der Waals surface area contributed by atoms with Crippen LogP contribution in [0.25, 0.3) is 0 Å². The van der Waals surface area contributed by atoms with E-state index in [9.17, 15) is 9.59 Å². The summed E-state index contributed by atoms with van der Waals surface area (Å²) in [5.41, 5.74) is -0.755. The van der Waals surface area contributed by atoms with Gasteiger partial charge in [0.2, 0.25) is 0 Å². The molecule has 0 aromatic carbocycles. The normalized spacial score (nSPS) is 13.1. The predicted molar refractivity (Wildman–Crippen MR) is 94.2 cm³/mol. The number of amides is 1. The molecule has 2 heterocycles. The molecule has 0 aliphatic heterocycles. The molecule has 8 nitrogen and oxygen atoms in total. The fraction of sp³-hybridized carbons (Fsp3) is 0.588. The molecule has 0 spiro atoms. The van der Waals surface area contributed by atoms with Crippen molar-refractivity contribution in [3.05, 3.63) is 40.1 Å². The third-order valence-corrected chi connectivity index (χ3v) is 3.82. The number of aromatic amines is 1. The molecule has 136 valence electrons. The molecule has 1 atom stereocenters. The quantitative estimate of drug-likeness (QED) is 0.857. The number of aryl methyl sites for hydroxylation is 1. The zero-order chi connectivity index (χ0) is 18.8. The van der Waals surface area contributed by atoms with Crippen LogP contribution in [0, 0.1) is 5.92 Å². The average Bonchev–Trinajstić information content (AvgIpc) is 2.91. The summed E-state index contributed by atoms with van der Waals surface area (Å²) in [4.78, 5) is 36.0. The largest absolute Gasteiger partial charge is 0.342 e. The molecule has 0 bridgehead atoms. The number of nitrogens with one attached hydrogen (secondary N) is 2. The third kappa shape index (κ3) is 4.52. The molecule has 0 fully saturated rings. The van der Waals surface area contributed by atoms with Gasteiger partial charge in [0, 0.05) is 18.7 Å². The topological polar surface area (TPSA) is 106 Å². The Hall–Kier alpha value is -2.51. The Morgan fingerprint density at radius 2 is 2.00 bits per heavy atom. The van der Waals surface area contributed by atoms with Gasteiger partial charge in [-0.25, -0.2) is 9.97 Å². The molecule has 25 heavy (non-hydrogen) atoms. The molecule has 8 heteroatoms. The molecular formula is C17H26N6O2. The summed E-state index contributed by atoms with van der Waals surface area (Å²) in [6.45, 7) is 9.94. The summed E-state index contributed by atoms with van der Waals surface area (Å²) in [5, 5.41) is 6.94. The molecule has 2 rings (SSSR count). The second kappa shape index (κ2) is 7.16. The van der Waals surface area contributed by atoms with E-state index < -0.39 is 11.5 Å². The van der Waals surface area contributed by atoms with E-state index in [1.54, 1.807) is 11.7 Å². The highest BCUT2D eigenvalue weighted by molar-refractivity contribution is 5.93. The first-order valence-corrected chi connectivity index (χ1v) is 8.34. The lowest BCUT2D eigenvalue weighted by Crippen LogP contribution is -2.36. The number of nitrogens with zero attached hydrogens (tertiary/aromatic N) is 4. The number of rotatable bonds is 5. The summed E-state index contributed by atoms with van der Waals surface area (Å²) < 4.78 is 1.62. The van der Waals surface area contributed by atoms with Crippen LogP contribution in [0.3, 0.4) is 0 Å². The van der Waals surface area contributed by atoms with Crippen LogP contribution in [0.2, 0.25) is 0 Å². The minimum atomic E-state index is -0.470. The van der Waals surface area contributed by atoms with Gasteiger partial charge in [-0.05, 0) is 12.3 Å². The van der Waals surface area contributed by atoms with Crippen LogP contribution in [0.15, 0.2) is 17.3 Å². The Labute approximate surface area is 147 Å². The van der Waals surface area contributed by atoms with Gasteiger partial charge in [-0.3, -0.25) is 14.3 Å². The molecule has 0 unspecified atom stereocenters. The standard InChI is InChI=1S/C17H26N6O2/c1-10(2)7-12(13-19-9-20-23(13)6)21-14(24)11-8-18-16(17(3,4)5)22-15(11)25/h8-10,12H,7H2,1-6H3,(H,21,24)(H,18,22,25)/t12-/m1/s1. The van der Waals surface area contributed by atoms with Crippen LogP contribution in [0.5, 0.6) is 0 Å². The Morgan fingerprint density at radius 3 is 2.48 bits per heavy atom. The summed E-state index contributed by atoms with van der Waals surface area (Å²) in [7, 11) is 1.77. The van der Waals surface area contributed by atoms with Crippen LogP contribution < -0.4 is 10.9 Å². The molecular weight excluding hydrogens is 320 g/mol. The molecule has 0 radical (unpaired) electrons. The number of H-pyrrole nitrogens is 1. The Bertz CT molecular complexity index is 800. The van der Waals surface area contributed by atoms with Crippen LogP contribution >= 0.6 is 0 Å². The molecule has 2 aromatic rings. The van der Waals surface area contributed by atoms with Crippen LogP contribution in [0.1, 0.15) is 69.1 Å². The van der Waals surface area contributed by atoms with E-state index in [0.717, 1.165) is 0 Å². The fourth-order valence-electron chi connectivity index (χ4n) is 2.49. The number of aromatic nitrogens is 5. The molecule has 0 aliphatic rings. The van der Waals surface area contributed by atoms with Crippen LogP contribution in [0.4, 0.5) is 0 Å². The highest BCUT2D eigenvalue weighted by Gasteiger charge is 2.24. The molecule has 0 saturated carbocycles. The number of hydrogen-bond donors (Lipinski definition) is 2. The van der Waals surface area contributed by atoms with Gasteiger partial charge in [0.15, 0.2) is 0 Å². The van der Waals surface area contributed by atoms with Crippen LogP contribution in [-0.4, -0.2) is 30.6 Å². The second-order valence-corrected chi connectivity index (χ2v) is 7.62. The molecule has 2 aromatic heterocycles. The van der Waals surface area contributed by atoms with Crippen molar-refractivity contribution in [2.75, 3.05) is 0 Å². The first-order valence-electron chi connectivity index (χ1n) is 8.34.